The Balaban J connectivity index is -0.000000259. The normalized spacial score (nSPS) is 9.60. The van der Waals surface area contributed by atoms with Gasteiger partial charge in [0.1, 0.15) is 11.5 Å². The Labute approximate surface area is 173 Å². The van der Waals surface area contributed by atoms with E-state index in [4.69, 9.17) is 19.8 Å². The Morgan fingerprint density at radius 2 is 0.680 bits per heavy atom. The van der Waals surface area contributed by atoms with Crippen LogP contribution in [0.25, 0.3) is 0 Å². The Bertz CT molecular complexity index is 451. The van der Waals surface area contributed by atoms with Crippen LogP contribution in [0.4, 0.5) is 0 Å². The summed E-state index contributed by atoms with van der Waals surface area (Å²) >= 11 is 0. The number of hydrogen-bond acceptors (Lipinski definition) is 4. The zero-order valence-corrected chi connectivity index (χ0v) is 20.5. The first-order chi connectivity index (χ1) is 10.8. The molecule has 0 saturated heterocycles. The number of hydrogen-bond donors (Lipinski definition) is 4. The first-order valence-corrected chi connectivity index (χ1v) is 14.6. The van der Waals surface area contributed by atoms with Crippen molar-refractivity contribution in [1.82, 2.24) is 0 Å². The van der Waals surface area contributed by atoms with E-state index < -0.39 is 16.6 Å². The fourth-order valence-electron chi connectivity index (χ4n) is 0.856. The maximum atomic E-state index is 8.66. The molecule has 0 amide bonds. The molecule has 2 aromatic carbocycles. The van der Waals surface area contributed by atoms with E-state index in [0.29, 0.717) is 11.5 Å². The minimum absolute atomic E-state index is 0. The van der Waals surface area contributed by atoms with Crippen LogP contribution in [0.1, 0.15) is 0 Å². The van der Waals surface area contributed by atoms with E-state index in [9.17, 15) is 0 Å². The van der Waals surface area contributed by atoms with Crippen LogP contribution in [0.15, 0.2) is 60.7 Å². The monoisotopic (exact) mass is 458 g/mol. The Kier molecular flexibility index (Phi) is 18.0. The Hall–Kier alpha value is -0.723. The Morgan fingerprint density at radius 3 is 0.760 bits per heavy atom. The molecule has 7 heteroatoms. The van der Waals surface area contributed by atoms with Crippen LogP contribution in [0, 0.1) is 0 Å². The first-order valence-electron chi connectivity index (χ1n) is 7.72. The zero-order chi connectivity index (χ0) is 19.2. The molecular weight excluding hydrogens is 428 g/mol. The van der Waals surface area contributed by atoms with E-state index in [2.05, 4.69) is 0 Å². The molecule has 0 bridgehead atoms. The summed E-state index contributed by atoms with van der Waals surface area (Å²) in [7, 11) is -3.22. The molecule has 0 atom stereocenters. The number of rotatable bonds is 0. The first kappa shape index (κ1) is 29.1. The molecule has 0 heterocycles. The number of aromatic hydroxyl groups is 2. The van der Waals surface area contributed by atoms with Gasteiger partial charge < -0.3 is 19.8 Å². The van der Waals surface area contributed by atoms with Gasteiger partial charge in [0, 0.05) is 26.2 Å². The van der Waals surface area contributed by atoms with Gasteiger partial charge in [-0.3, -0.25) is 0 Å². The molecule has 2 rings (SSSR count). The van der Waals surface area contributed by atoms with Gasteiger partial charge >= 0.3 is 0 Å². The molecule has 0 saturated carbocycles. The number of phenols is 2. The average Bonchev–Trinajstić information content (AvgIpc) is 2.37. The van der Waals surface area contributed by atoms with E-state index in [-0.39, 0.29) is 26.2 Å². The van der Waals surface area contributed by atoms with Crippen molar-refractivity contribution in [3.05, 3.63) is 60.7 Å². The molecular formula is C18H32O4Si2Zr. The molecule has 0 spiro atoms. The van der Waals surface area contributed by atoms with Crippen molar-refractivity contribution < 1.29 is 46.0 Å². The van der Waals surface area contributed by atoms with E-state index >= 15 is 0 Å². The maximum Gasteiger partial charge on any atom is 0.179 e. The second kappa shape index (κ2) is 15.5. The van der Waals surface area contributed by atoms with Crippen LogP contribution in [0.5, 0.6) is 11.5 Å². The van der Waals surface area contributed by atoms with Gasteiger partial charge in [-0.25, -0.2) is 0 Å². The van der Waals surface area contributed by atoms with Gasteiger partial charge in [0.15, 0.2) is 16.6 Å². The van der Waals surface area contributed by atoms with E-state index in [1.54, 1.807) is 48.5 Å². The summed E-state index contributed by atoms with van der Waals surface area (Å²) < 4.78 is 0. The van der Waals surface area contributed by atoms with Gasteiger partial charge in [-0.1, -0.05) is 36.4 Å². The van der Waals surface area contributed by atoms with Crippen molar-refractivity contribution in [3.8, 4) is 11.5 Å². The van der Waals surface area contributed by atoms with Crippen LogP contribution in [-0.2, 0) is 26.2 Å². The van der Waals surface area contributed by atoms with Crippen LogP contribution < -0.4 is 0 Å². The van der Waals surface area contributed by atoms with Crippen LogP contribution in [-0.4, -0.2) is 36.4 Å². The van der Waals surface area contributed by atoms with E-state index in [0.717, 1.165) is 0 Å². The second-order valence-corrected chi connectivity index (χ2v) is 15.7. The van der Waals surface area contributed by atoms with Crippen molar-refractivity contribution in [2.45, 2.75) is 39.3 Å². The van der Waals surface area contributed by atoms with Crippen molar-refractivity contribution in [1.29, 1.82) is 0 Å². The van der Waals surface area contributed by atoms with Crippen molar-refractivity contribution in [3.63, 3.8) is 0 Å². The summed E-state index contributed by atoms with van der Waals surface area (Å²) in [6, 6.07) is 17.4. The van der Waals surface area contributed by atoms with Gasteiger partial charge in [-0.15, -0.1) is 0 Å². The van der Waals surface area contributed by atoms with Crippen molar-refractivity contribution >= 4 is 16.6 Å². The molecule has 2 aromatic rings. The third-order valence-electron chi connectivity index (χ3n) is 1.51. The molecule has 0 fully saturated rings. The van der Waals surface area contributed by atoms with Gasteiger partial charge in [-0.05, 0) is 63.5 Å². The summed E-state index contributed by atoms with van der Waals surface area (Å²) in [5.41, 5.74) is 0. The summed E-state index contributed by atoms with van der Waals surface area (Å²) in [5.74, 6) is 0.644. The topological polar surface area (TPSA) is 80.9 Å². The van der Waals surface area contributed by atoms with Gasteiger partial charge in [0.25, 0.3) is 0 Å². The zero-order valence-electron chi connectivity index (χ0n) is 16.1. The molecule has 0 aliphatic rings. The molecule has 0 aromatic heterocycles. The predicted octanol–water partition coefficient (Wildman–Crippen LogP) is 4.41. The summed E-state index contributed by atoms with van der Waals surface area (Å²) in [4.78, 5) is 17.3. The van der Waals surface area contributed by atoms with Crippen molar-refractivity contribution in [2.24, 2.45) is 0 Å². The Morgan fingerprint density at radius 1 is 0.520 bits per heavy atom. The van der Waals surface area contributed by atoms with Gasteiger partial charge in [-0.2, -0.15) is 0 Å². The molecule has 0 radical (unpaired) electrons. The van der Waals surface area contributed by atoms with Gasteiger partial charge in [0.05, 0.1) is 0 Å². The summed E-state index contributed by atoms with van der Waals surface area (Å²) in [5, 5.41) is 17.3. The molecule has 4 nitrogen and oxygen atoms in total. The molecule has 0 unspecified atom stereocenters. The summed E-state index contributed by atoms with van der Waals surface area (Å²) in [6.07, 6.45) is 0. The third-order valence-corrected chi connectivity index (χ3v) is 1.51. The third kappa shape index (κ3) is 45.2. The fourth-order valence-corrected chi connectivity index (χ4v) is 0.856. The fraction of sp³-hybridized carbons (Fsp3) is 0.333. The number of phenolic OH excluding ortho intramolecular Hbond substituents is 2. The van der Waals surface area contributed by atoms with Crippen molar-refractivity contribution in [2.75, 3.05) is 0 Å². The van der Waals surface area contributed by atoms with Crippen LogP contribution >= 0.6 is 0 Å². The second-order valence-electron chi connectivity index (χ2n) is 7.01. The molecule has 0 aliphatic carbocycles. The summed E-state index contributed by atoms with van der Waals surface area (Å²) in [6.45, 7) is 11.3. The van der Waals surface area contributed by atoms with E-state index in [1.807, 2.05) is 51.4 Å². The standard InChI is InChI=1S/2C6H6O.2C3H10OSi.Zr/c2*7-6-4-2-1-3-5-6;2*1-5(2,3)4;/h2*1-5,7H;2*4H,1-3H3;. The quantitative estimate of drug-likeness (QED) is 0.440. The van der Waals surface area contributed by atoms with Crippen LogP contribution in [0.2, 0.25) is 39.3 Å². The SMILES string of the molecule is C[Si](C)(C)O.C[Si](C)(C)O.Oc1ccccc1.Oc1ccccc1.[Zr]. The minimum atomic E-state index is -1.61. The predicted molar refractivity (Wildman–Crippen MR) is 107 cm³/mol. The number of para-hydroxylation sites is 2. The average molecular weight is 460 g/mol. The number of benzene rings is 2. The molecule has 140 valence electrons. The largest absolute Gasteiger partial charge is 0.508 e. The molecule has 25 heavy (non-hydrogen) atoms. The van der Waals surface area contributed by atoms with Gasteiger partial charge in [0.2, 0.25) is 0 Å². The molecule has 0 aliphatic heterocycles. The molecule has 4 N–H and O–H groups in total. The maximum absolute atomic E-state index is 8.66. The smallest absolute Gasteiger partial charge is 0.179 e. The minimum Gasteiger partial charge on any atom is -0.508 e. The van der Waals surface area contributed by atoms with Crippen LogP contribution in [0.3, 0.4) is 0 Å². The van der Waals surface area contributed by atoms with E-state index in [1.165, 1.54) is 0 Å².